The van der Waals surface area contributed by atoms with Crippen LogP contribution in [0.15, 0.2) is 24.3 Å². The van der Waals surface area contributed by atoms with Crippen LogP contribution in [0, 0.1) is 0 Å². The molecule has 2 amide bonds. The van der Waals surface area contributed by atoms with E-state index in [1.54, 1.807) is 6.92 Å². The van der Waals surface area contributed by atoms with Crippen molar-refractivity contribution in [3.8, 4) is 5.75 Å². The Morgan fingerprint density at radius 2 is 2.20 bits per heavy atom. The summed E-state index contributed by atoms with van der Waals surface area (Å²) in [6.07, 6.45) is 3.76. The number of benzene rings is 1. The van der Waals surface area contributed by atoms with E-state index in [-0.39, 0.29) is 18.7 Å². The Hall–Kier alpha value is -1.75. The van der Waals surface area contributed by atoms with Crippen LogP contribution >= 0.6 is 0 Å². The molecule has 0 spiro atoms. The Balaban J connectivity index is 1.86. The average Bonchev–Trinajstić information content (AvgIpc) is 2.41. The summed E-state index contributed by atoms with van der Waals surface area (Å²) >= 11 is 0. The number of urea groups is 1. The lowest BCUT2D eigenvalue weighted by atomic mass is 9.96. The smallest absolute Gasteiger partial charge is 0.315 e. The van der Waals surface area contributed by atoms with Gasteiger partial charge in [0.25, 0.3) is 0 Å². The molecular weight excluding hydrogens is 256 g/mol. The van der Waals surface area contributed by atoms with Crippen molar-refractivity contribution in [2.75, 3.05) is 6.61 Å². The average molecular weight is 278 g/mol. The second-order valence-corrected chi connectivity index (χ2v) is 5.19. The van der Waals surface area contributed by atoms with Crippen LogP contribution in [0.4, 0.5) is 4.79 Å². The van der Waals surface area contributed by atoms with Crippen LogP contribution < -0.4 is 15.4 Å². The van der Waals surface area contributed by atoms with Gasteiger partial charge in [0, 0.05) is 12.1 Å². The molecule has 0 aliphatic heterocycles. The van der Waals surface area contributed by atoms with E-state index in [1.165, 1.54) is 6.42 Å². The van der Waals surface area contributed by atoms with E-state index >= 15 is 0 Å². The molecule has 1 fully saturated rings. The molecule has 1 aliphatic carbocycles. The Bertz CT molecular complexity index is 446. The molecule has 1 atom stereocenters. The van der Waals surface area contributed by atoms with E-state index < -0.39 is 0 Å². The molecule has 1 aromatic carbocycles. The highest BCUT2D eigenvalue weighted by Crippen LogP contribution is 2.27. The van der Waals surface area contributed by atoms with Crippen LogP contribution in [0.25, 0.3) is 0 Å². The summed E-state index contributed by atoms with van der Waals surface area (Å²) in [4.78, 5) is 11.6. The van der Waals surface area contributed by atoms with Gasteiger partial charge in [-0.1, -0.05) is 18.2 Å². The van der Waals surface area contributed by atoms with Crippen LogP contribution in [-0.2, 0) is 6.54 Å². The van der Waals surface area contributed by atoms with Gasteiger partial charge >= 0.3 is 6.03 Å². The Morgan fingerprint density at radius 1 is 1.45 bits per heavy atom. The van der Waals surface area contributed by atoms with Crippen molar-refractivity contribution in [3.05, 3.63) is 29.8 Å². The van der Waals surface area contributed by atoms with E-state index in [1.807, 2.05) is 24.3 Å². The molecule has 110 valence electrons. The quantitative estimate of drug-likeness (QED) is 0.743. The Labute approximate surface area is 119 Å². The largest absolute Gasteiger partial charge is 0.490 e. The SMILES string of the molecule is C[C@@H](CO)NC(=O)NCc1ccccc1OC1CCC1. The minimum absolute atomic E-state index is 0.0746. The third-order valence-corrected chi connectivity index (χ3v) is 3.41. The Morgan fingerprint density at radius 3 is 2.85 bits per heavy atom. The number of carbonyl (C=O) groups excluding carboxylic acids is 1. The van der Waals surface area contributed by atoms with Gasteiger partial charge in [-0.15, -0.1) is 0 Å². The molecule has 5 nitrogen and oxygen atoms in total. The first-order chi connectivity index (χ1) is 9.69. The molecule has 3 N–H and O–H groups in total. The van der Waals surface area contributed by atoms with Gasteiger partial charge in [-0.2, -0.15) is 0 Å². The normalized spacial score (nSPS) is 16.1. The molecule has 1 aliphatic rings. The number of rotatable bonds is 6. The van der Waals surface area contributed by atoms with E-state index in [9.17, 15) is 4.79 Å². The summed E-state index contributed by atoms with van der Waals surface area (Å²) in [5.41, 5.74) is 0.964. The first-order valence-electron chi connectivity index (χ1n) is 7.09. The maximum absolute atomic E-state index is 11.6. The standard InChI is InChI=1S/C15H22N2O3/c1-11(10-18)17-15(19)16-9-12-5-2-3-8-14(12)20-13-6-4-7-13/h2-3,5,8,11,13,18H,4,6-7,9-10H2,1H3,(H2,16,17,19)/t11-/m0/s1. The van der Waals surface area contributed by atoms with Gasteiger partial charge in [-0.25, -0.2) is 4.79 Å². The summed E-state index contributed by atoms with van der Waals surface area (Å²) in [5, 5.41) is 14.3. The van der Waals surface area contributed by atoms with Gasteiger partial charge in [-0.3, -0.25) is 0 Å². The summed E-state index contributed by atoms with van der Waals surface area (Å²) < 4.78 is 5.90. The third-order valence-electron chi connectivity index (χ3n) is 3.41. The fourth-order valence-corrected chi connectivity index (χ4v) is 1.93. The highest BCUT2D eigenvalue weighted by molar-refractivity contribution is 5.74. The fraction of sp³-hybridized carbons (Fsp3) is 0.533. The molecule has 0 bridgehead atoms. The first-order valence-corrected chi connectivity index (χ1v) is 7.09. The number of nitrogens with one attached hydrogen (secondary N) is 2. The minimum atomic E-state index is -0.287. The maximum Gasteiger partial charge on any atom is 0.315 e. The number of ether oxygens (including phenoxy) is 1. The van der Waals surface area contributed by atoms with Crippen molar-refractivity contribution in [1.82, 2.24) is 10.6 Å². The lowest BCUT2D eigenvalue weighted by Crippen LogP contribution is -2.42. The van der Waals surface area contributed by atoms with Gasteiger partial charge < -0.3 is 20.5 Å². The zero-order valence-corrected chi connectivity index (χ0v) is 11.8. The van der Waals surface area contributed by atoms with Crippen molar-refractivity contribution >= 4 is 6.03 Å². The first kappa shape index (κ1) is 14.7. The Kier molecular flexibility index (Phi) is 5.24. The van der Waals surface area contributed by atoms with Crippen molar-refractivity contribution in [3.63, 3.8) is 0 Å². The predicted molar refractivity (Wildman–Crippen MR) is 76.6 cm³/mol. The second-order valence-electron chi connectivity index (χ2n) is 5.19. The number of aliphatic hydroxyl groups is 1. The summed E-state index contributed by atoms with van der Waals surface area (Å²) in [7, 11) is 0. The highest BCUT2D eigenvalue weighted by atomic mass is 16.5. The zero-order valence-electron chi connectivity index (χ0n) is 11.8. The van der Waals surface area contributed by atoms with Gasteiger partial charge in [-0.05, 0) is 32.3 Å². The number of aliphatic hydroxyl groups excluding tert-OH is 1. The number of amides is 2. The molecule has 5 heteroatoms. The molecule has 0 radical (unpaired) electrons. The second kappa shape index (κ2) is 7.14. The third kappa shape index (κ3) is 4.13. The van der Waals surface area contributed by atoms with E-state index in [0.717, 1.165) is 24.2 Å². The van der Waals surface area contributed by atoms with E-state index in [2.05, 4.69) is 10.6 Å². The minimum Gasteiger partial charge on any atom is -0.490 e. The van der Waals surface area contributed by atoms with Gasteiger partial charge in [0.05, 0.1) is 18.8 Å². The van der Waals surface area contributed by atoms with E-state index in [0.29, 0.717) is 12.6 Å². The highest BCUT2D eigenvalue weighted by Gasteiger charge is 2.20. The summed E-state index contributed by atoms with van der Waals surface area (Å²) in [6.45, 7) is 2.08. The van der Waals surface area contributed by atoms with Crippen LogP contribution in [-0.4, -0.2) is 29.9 Å². The van der Waals surface area contributed by atoms with Gasteiger partial charge in [0.15, 0.2) is 0 Å². The van der Waals surface area contributed by atoms with Gasteiger partial charge in [0.1, 0.15) is 5.75 Å². The van der Waals surface area contributed by atoms with E-state index in [4.69, 9.17) is 9.84 Å². The summed E-state index contributed by atoms with van der Waals surface area (Å²) in [6, 6.07) is 7.21. The van der Waals surface area contributed by atoms with Crippen LogP contribution in [0.2, 0.25) is 0 Å². The molecule has 0 aromatic heterocycles. The number of para-hydroxylation sites is 1. The number of hydrogen-bond donors (Lipinski definition) is 3. The molecule has 0 heterocycles. The van der Waals surface area contributed by atoms with Gasteiger partial charge in [0.2, 0.25) is 0 Å². The van der Waals surface area contributed by atoms with Crippen LogP contribution in [0.3, 0.4) is 0 Å². The molecule has 2 rings (SSSR count). The van der Waals surface area contributed by atoms with Crippen molar-refractivity contribution in [2.24, 2.45) is 0 Å². The summed E-state index contributed by atoms with van der Waals surface area (Å²) in [5.74, 6) is 0.840. The van der Waals surface area contributed by atoms with Crippen molar-refractivity contribution in [1.29, 1.82) is 0 Å². The molecule has 0 unspecified atom stereocenters. The lowest BCUT2D eigenvalue weighted by Gasteiger charge is -2.27. The van der Waals surface area contributed by atoms with Crippen LogP contribution in [0.5, 0.6) is 5.75 Å². The number of carbonyl (C=O) groups is 1. The van der Waals surface area contributed by atoms with Crippen molar-refractivity contribution < 1.29 is 14.6 Å². The molecule has 1 saturated carbocycles. The monoisotopic (exact) mass is 278 g/mol. The molecule has 20 heavy (non-hydrogen) atoms. The lowest BCUT2D eigenvalue weighted by molar-refractivity contribution is 0.119. The maximum atomic E-state index is 11.6. The predicted octanol–water partition coefficient (Wildman–Crippen LogP) is 1.80. The molecule has 1 aromatic rings. The van der Waals surface area contributed by atoms with Crippen molar-refractivity contribution in [2.45, 2.75) is 44.9 Å². The van der Waals surface area contributed by atoms with Crippen LogP contribution in [0.1, 0.15) is 31.7 Å². The molecular formula is C15H22N2O3. The fourth-order valence-electron chi connectivity index (χ4n) is 1.93. The number of hydrogen-bond acceptors (Lipinski definition) is 3. The topological polar surface area (TPSA) is 70.6 Å². The zero-order chi connectivity index (χ0) is 14.4. The molecule has 0 saturated heterocycles.